The van der Waals surface area contributed by atoms with Gasteiger partial charge in [-0.25, -0.2) is 9.78 Å². The zero-order valence-corrected chi connectivity index (χ0v) is 24.3. The predicted molar refractivity (Wildman–Crippen MR) is 160 cm³/mol. The number of methoxy groups -OCH3 is 1. The molecule has 0 saturated heterocycles. The van der Waals surface area contributed by atoms with E-state index in [4.69, 9.17) is 14.5 Å². The molecule has 0 spiro atoms. The first-order valence-corrected chi connectivity index (χ1v) is 13.4. The second-order valence-corrected chi connectivity index (χ2v) is 9.87. The molecule has 42 heavy (non-hydrogen) atoms. The molecule has 11 nitrogen and oxygen atoms in total. The van der Waals surface area contributed by atoms with Gasteiger partial charge in [0.25, 0.3) is 5.56 Å². The molecule has 0 unspecified atom stereocenters. The number of hydrogen-bond acceptors (Lipinski definition) is 9. The van der Waals surface area contributed by atoms with Crippen molar-refractivity contribution in [2.75, 3.05) is 13.7 Å². The van der Waals surface area contributed by atoms with E-state index in [1.807, 2.05) is 26.0 Å². The SMILES string of the molecule is CCOc1cc(C)c(-c2nc3ccccc3c(=O)n2N=Cc2ccc(O[C@H](C)C(=O)OC)c([N+](=O)[O-])c2)cc1C(C)C. The zero-order chi connectivity index (χ0) is 30.6. The Balaban J connectivity index is 1.87. The minimum atomic E-state index is -1.05. The lowest BCUT2D eigenvalue weighted by atomic mass is 9.96. The molecule has 0 aliphatic heterocycles. The molecule has 0 aliphatic rings. The van der Waals surface area contributed by atoms with Gasteiger partial charge in [-0.2, -0.15) is 9.78 Å². The number of aryl methyl sites for hydroxylation is 1. The lowest BCUT2D eigenvalue weighted by Gasteiger charge is -2.18. The molecule has 4 rings (SSSR count). The highest BCUT2D eigenvalue weighted by molar-refractivity contribution is 5.83. The van der Waals surface area contributed by atoms with Crippen LogP contribution in [0.5, 0.6) is 11.5 Å². The molecule has 1 heterocycles. The molecule has 1 atom stereocenters. The molecule has 0 N–H and O–H groups in total. The summed E-state index contributed by atoms with van der Waals surface area (Å²) in [4.78, 5) is 41.4. The molecule has 218 valence electrons. The molecule has 11 heteroatoms. The Kier molecular flexibility index (Phi) is 8.99. The van der Waals surface area contributed by atoms with Crippen LogP contribution in [0.2, 0.25) is 0 Å². The molecule has 4 aromatic rings. The summed E-state index contributed by atoms with van der Waals surface area (Å²) in [7, 11) is 1.20. The maximum absolute atomic E-state index is 13.7. The van der Waals surface area contributed by atoms with E-state index >= 15 is 0 Å². The summed E-state index contributed by atoms with van der Waals surface area (Å²) < 4.78 is 17.2. The third-order valence-electron chi connectivity index (χ3n) is 6.61. The number of hydrogen-bond donors (Lipinski definition) is 0. The van der Waals surface area contributed by atoms with E-state index in [1.54, 1.807) is 24.3 Å². The van der Waals surface area contributed by atoms with E-state index in [0.29, 0.717) is 34.5 Å². The maximum Gasteiger partial charge on any atom is 0.346 e. The summed E-state index contributed by atoms with van der Waals surface area (Å²) in [6.45, 7) is 9.89. The Morgan fingerprint density at radius 2 is 1.86 bits per heavy atom. The smallest absolute Gasteiger partial charge is 0.346 e. The van der Waals surface area contributed by atoms with Gasteiger partial charge in [-0.1, -0.05) is 26.0 Å². The summed E-state index contributed by atoms with van der Waals surface area (Å²) in [5.41, 5.74) is 2.58. The van der Waals surface area contributed by atoms with Crippen LogP contribution in [0, 0.1) is 17.0 Å². The second kappa shape index (κ2) is 12.6. The fraction of sp³-hybridized carbons (Fsp3) is 0.290. The quantitative estimate of drug-likeness (QED) is 0.103. The van der Waals surface area contributed by atoms with Crippen molar-refractivity contribution in [1.29, 1.82) is 0 Å². The minimum Gasteiger partial charge on any atom is -0.494 e. The van der Waals surface area contributed by atoms with Crippen LogP contribution in [0.25, 0.3) is 22.3 Å². The summed E-state index contributed by atoms with van der Waals surface area (Å²) in [5, 5.41) is 16.6. The van der Waals surface area contributed by atoms with Gasteiger partial charge < -0.3 is 14.2 Å². The highest BCUT2D eigenvalue weighted by atomic mass is 16.6. The van der Waals surface area contributed by atoms with Gasteiger partial charge in [-0.15, -0.1) is 0 Å². The molecule has 0 bridgehead atoms. The van der Waals surface area contributed by atoms with Gasteiger partial charge in [0.15, 0.2) is 17.7 Å². The van der Waals surface area contributed by atoms with Crippen LogP contribution in [0.1, 0.15) is 50.3 Å². The summed E-state index contributed by atoms with van der Waals surface area (Å²) in [6, 6.07) is 15.0. The van der Waals surface area contributed by atoms with Crippen molar-refractivity contribution < 1.29 is 23.9 Å². The second-order valence-electron chi connectivity index (χ2n) is 9.87. The molecule has 0 saturated carbocycles. The first-order chi connectivity index (χ1) is 20.0. The first kappa shape index (κ1) is 29.9. The maximum atomic E-state index is 13.7. The fourth-order valence-electron chi connectivity index (χ4n) is 4.46. The van der Waals surface area contributed by atoms with Crippen molar-refractivity contribution in [3.8, 4) is 22.9 Å². The molecule has 0 amide bonds. The van der Waals surface area contributed by atoms with Crippen LogP contribution in [-0.2, 0) is 9.53 Å². The average Bonchev–Trinajstić information content (AvgIpc) is 2.96. The van der Waals surface area contributed by atoms with Gasteiger partial charge in [0.1, 0.15) is 5.75 Å². The number of aromatic nitrogens is 2. The number of nitro benzene ring substituents is 1. The molecule has 0 radical (unpaired) electrons. The van der Waals surface area contributed by atoms with Gasteiger partial charge in [-0.3, -0.25) is 14.9 Å². The Labute approximate surface area is 242 Å². The van der Waals surface area contributed by atoms with E-state index in [1.165, 1.54) is 43.1 Å². The zero-order valence-electron chi connectivity index (χ0n) is 24.3. The Bertz CT molecular complexity index is 1740. The monoisotopic (exact) mass is 572 g/mol. The number of carbonyl (C=O) groups excluding carboxylic acids is 1. The highest BCUT2D eigenvalue weighted by Crippen LogP contribution is 2.34. The van der Waals surface area contributed by atoms with Gasteiger partial charge in [0.2, 0.25) is 0 Å². The molecular formula is C31H32N4O7. The van der Waals surface area contributed by atoms with Crippen molar-refractivity contribution in [3.63, 3.8) is 0 Å². The van der Waals surface area contributed by atoms with E-state index in [2.05, 4.69) is 23.7 Å². The summed E-state index contributed by atoms with van der Waals surface area (Å²) in [6.07, 6.45) is 0.292. The van der Waals surface area contributed by atoms with Gasteiger partial charge in [-0.05, 0) is 74.2 Å². The Morgan fingerprint density at radius 1 is 1.12 bits per heavy atom. The van der Waals surface area contributed by atoms with Gasteiger partial charge in [0, 0.05) is 17.2 Å². The van der Waals surface area contributed by atoms with Crippen LogP contribution in [-0.4, -0.2) is 46.6 Å². The van der Waals surface area contributed by atoms with Crippen LogP contribution in [0.3, 0.4) is 0 Å². The molecule has 0 aliphatic carbocycles. The van der Waals surface area contributed by atoms with Crippen molar-refractivity contribution >= 4 is 28.8 Å². The Hall–Kier alpha value is -5.06. The lowest BCUT2D eigenvalue weighted by molar-refractivity contribution is -0.386. The standard InChI is InChI=1S/C31H32N4O7/c1-7-41-28-14-19(4)24(16-23(28)18(2)3)29-33-25-11-9-8-10-22(25)30(36)34(29)32-17-21-12-13-27(26(15-21)35(38)39)42-20(5)31(37)40-6/h8-18,20H,7H2,1-6H3/t20-/m1/s1. The topological polar surface area (TPSA) is 135 Å². The van der Waals surface area contributed by atoms with Crippen molar-refractivity contribution in [1.82, 2.24) is 9.66 Å². The summed E-state index contributed by atoms with van der Waals surface area (Å²) in [5.74, 6) is 0.447. The average molecular weight is 573 g/mol. The number of nitrogens with zero attached hydrogens (tertiary/aromatic N) is 4. The summed E-state index contributed by atoms with van der Waals surface area (Å²) >= 11 is 0. The molecule has 1 aromatic heterocycles. The molecular weight excluding hydrogens is 540 g/mol. The Morgan fingerprint density at radius 3 is 2.52 bits per heavy atom. The van der Waals surface area contributed by atoms with Crippen molar-refractivity contribution in [2.45, 2.75) is 46.6 Å². The highest BCUT2D eigenvalue weighted by Gasteiger charge is 2.22. The fourth-order valence-corrected chi connectivity index (χ4v) is 4.46. The first-order valence-electron chi connectivity index (χ1n) is 13.4. The third-order valence-corrected chi connectivity index (χ3v) is 6.61. The number of nitro groups is 1. The van der Waals surface area contributed by atoms with Crippen LogP contribution in [0.15, 0.2) is 64.5 Å². The largest absolute Gasteiger partial charge is 0.494 e. The number of carbonyl (C=O) groups is 1. The number of para-hydroxylation sites is 1. The number of fused-ring (bicyclic) bond motifs is 1. The molecule has 3 aromatic carbocycles. The van der Waals surface area contributed by atoms with Crippen molar-refractivity contribution in [2.24, 2.45) is 5.10 Å². The number of rotatable bonds is 10. The van der Waals surface area contributed by atoms with Gasteiger partial charge >= 0.3 is 11.7 Å². The number of ether oxygens (including phenoxy) is 3. The minimum absolute atomic E-state index is 0.105. The predicted octanol–water partition coefficient (Wildman–Crippen LogP) is 5.62. The van der Waals surface area contributed by atoms with Crippen LogP contribution in [0.4, 0.5) is 5.69 Å². The van der Waals surface area contributed by atoms with E-state index in [-0.39, 0.29) is 17.4 Å². The van der Waals surface area contributed by atoms with Crippen LogP contribution >= 0.6 is 0 Å². The van der Waals surface area contributed by atoms with Gasteiger partial charge in [0.05, 0.1) is 35.8 Å². The van der Waals surface area contributed by atoms with Crippen molar-refractivity contribution in [3.05, 3.63) is 91.8 Å². The third kappa shape index (κ3) is 6.14. The van der Waals surface area contributed by atoms with Crippen LogP contribution < -0.4 is 15.0 Å². The number of esters is 1. The normalized spacial score (nSPS) is 12.1. The lowest BCUT2D eigenvalue weighted by Crippen LogP contribution is -2.25. The molecule has 0 fully saturated rings. The van der Waals surface area contributed by atoms with E-state index < -0.39 is 22.6 Å². The van der Waals surface area contributed by atoms with E-state index in [9.17, 15) is 19.7 Å². The number of benzene rings is 3. The van der Waals surface area contributed by atoms with E-state index in [0.717, 1.165) is 16.9 Å².